The molecule has 122 valence electrons. The summed E-state index contributed by atoms with van der Waals surface area (Å²) in [6.07, 6.45) is 6.33. The highest BCUT2D eigenvalue weighted by atomic mass is 79.9. The Balaban J connectivity index is 1.82. The molecular formula is C16H17BrClN3O2. The molecule has 2 aromatic heterocycles. The smallest absolute Gasteiger partial charge is 0.163 e. The lowest BCUT2D eigenvalue weighted by atomic mass is 10.1. The molecule has 0 spiro atoms. The average molecular weight is 399 g/mol. The first-order valence-electron chi connectivity index (χ1n) is 7.56. The first-order valence-corrected chi connectivity index (χ1v) is 8.73. The van der Waals surface area contributed by atoms with E-state index in [4.69, 9.17) is 21.1 Å². The van der Waals surface area contributed by atoms with Gasteiger partial charge in [-0.1, -0.05) is 17.7 Å². The Morgan fingerprint density at radius 3 is 2.87 bits per heavy atom. The fraction of sp³-hybridized carbons (Fsp3) is 0.500. The van der Waals surface area contributed by atoms with Crippen LogP contribution in [0.4, 0.5) is 0 Å². The van der Waals surface area contributed by atoms with Crippen LogP contribution in [0, 0.1) is 5.92 Å². The van der Waals surface area contributed by atoms with Gasteiger partial charge in [0.1, 0.15) is 23.2 Å². The lowest BCUT2D eigenvalue weighted by molar-refractivity contribution is -0.158. The maximum absolute atomic E-state index is 6.23. The molecule has 0 N–H and O–H groups in total. The van der Waals surface area contributed by atoms with E-state index in [1.165, 1.54) is 6.33 Å². The molecule has 2 aliphatic rings. The molecule has 0 amide bonds. The molecule has 0 aromatic carbocycles. The van der Waals surface area contributed by atoms with Gasteiger partial charge in [0.05, 0.1) is 17.5 Å². The summed E-state index contributed by atoms with van der Waals surface area (Å²) < 4.78 is 15.3. The largest absolute Gasteiger partial charge is 0.344 e. The van der Waals surface area contributed by atoms with Gasteiger partial charge in [0.2, 0.25) is 0 Å². The van der Waals surface area contributed by atoms with Crippen molar-refractivity contribution < 1.29 is 9.47 Å². The molecule has 0 bridgehead atoms. The molecule has 1 aliphatic heterocycles. The normalized spacial score (nSPS) is 32.3. The molecule has 1 aliphatic carbocycles. The number of rotatable bonds is 2. The van der Waals surface area contributed by atoms with Gasteiger partial charge in [0.15, 0.2) is 5.79 Å². The van der Waals surface area contributed by atoms with E-state index in [1.54, 1.807) is 0 Å². The molecule has 5 nitrogen and oxygen atoms in total. The Bertz CT molecular complexity index is 791. The molecule has 2 fully saturated rings. The van der Waals surface area contributed by atoms with Crippen molar-refractivity contribution in [2.45, 2.75) is 44.3 Å². The van der Waals surface area contributed by atoms with Crippen molar-refractivity contribution in [1.82, 2.24) is 14.5 Å². The SMILES string of the molecule is C=C[C@H]1C[C@@H](n2cc(Br)c3c(Cl)ncnc32)[C@@H]2OC(C)(C)O[C@@H]21. The molecule has 4 rings (SSSR count). The molecule has 4 atom stereocenters. The number of hydrogen-bond donors (Lipinski definition) is 0. The van der Waals surface area contributed by atoms with E-state index in [1.807, 2.05) is 26.1 Å². The van der Waals surface area contributed by atoms with Crippen LogP contribution in [0.15, 0.2) is 29.7 Å². The van der Waals surface area contributed by atoms with Crippen LogP contribution < -0.4 is 0 Å². The van der Waals surface area contributed by atoms with E-state index >= 15 is 0 Å². The number of ether oxygens (including phenoxy) is 2. The summed E-state index contributed by atoms with van der Waals surface area (Å²) in [5.74, 6) is -0.331. The lowest BCUT2D eigenvalue weighted by Gasteiger charge is -2.23. The first-order chi connectivity index (χ1) is 10.9. The van der Waals surface area contributed by atoms with E-state index in [2.05, 4.69) is 37.0 Å². The Hall–Kier alpha value is -0.950. The molecule has 2 aromatic rings. The van der Waals surface area contributed by atoms with E-state index in [0.29, 0.717) is 5.15 Å². The van der Waals surface area contributed by atoms with Gasteiger partial charge in [-0.05, 0) is 36.2 Å². The van der Waals surface area contributed by atoms with E-state index in [9.17, 15) is 0 Å². The highest BCUT2D eigenvalue weighted by Crippen LogP contribution is 2.48. The average Bonchev–Trinajstić information content (AvgIpc) is 3.08. The van der Waals surface area contributed by atoms with Gasteiger partial charge in [-0.25, -0.2) is 9.97 Å². The molecule has 7 heteroatoms. The zero-order valence-corrected chi connectivity index (χ0v) is 15.2. The van der Waals surface area contributed by atoms with Crippen LogP contribution in [0.5, 0.6) is 0 Å². The van der Waals surface area contributed by atoms with Crippen LogP contribution in [0.2, 0.25) is 5.15 Å². The Morgan fingerprint density at radius 1 is 1.39 bits per heavy atom. The minimum atomic E-state index is -0.581. The van der Waals surface area contributed by atoms with Crippen LogP contribution in [0.1, 0.15) is 26.3 Å². The third kappa shape index (κ3) is 2.35. The van der Waals surface area contributed by atoms with Crippen LogP contribution in [0.25, 0.3) is 11.0 Å². The highest BCUT2D eigenvalue weighted by Gasteiger charge is 2.53. The highest BCUT2D eigenvalue weighted by molar-refractivity contribution is 9.10. The van der Waals surface area contributed by atoms with Crippen molar-refractivity contribution in [1.29, 1.82) is 0 Å². The quantitative estimate of drug-likeness (QED) is 0.564. The van der Waals surface area contributed by atoms with Gasteiger partial charge in [-0.3, -0.25) is 0 Å². The van der Waals surface area contributed by atoms with Crippen molar-refractivity contribution >= 4 is 38.6 Å². The Morgan fingerprint density at radius 2 is 2.13 bits per heavy atom. The van der Waals surface area contributed by atoms with E-state index in [0.717, 1.165) is 21.9 Å². The fourth-order valence-corrected chi connectivity index (χ4v) is 4.68. The summed E-state index contributed by atoms with van der Waals surface area (Å²) in [6.45, 7) is 7.86. The van der Waals surface area contributed by atoms with Crippen LogP contribution in [0.3, 0.4) is 0 Å². The minimum Gasteiger partial charge on any atom is -0.344 e. The summed E-state index contributed by atoms with van der Waals surface area (Å²) >= 11 is 9.79. The standard InChI is InChI=1S/C16H17BrClN3O2/c1-4-8-5-10(13-12(8)22-16(2,3)23-13)21-6-9(17)11-14(18)19-7-20-15(11)21/h4,6-8,10,12-13H,1,5H2,2-3H3/t8-,10+,12+,13-/m0/s1. The van der Waals surface area contributed by atoms with E-state index in [-0.39, 0.29) is 24.2 Å². The molecule has 0 unspecified atom stereocenters. The number of nitrogens with zero attached hydrogens (tertiary/aromatic N) is 3. The predicted octanol–water partition coefficient (Wildman–Crippen LogP) is 4.11. The van der Waals surface area contributed by atoms with Crippen molar-refractivity contribution in [3.05, 3.63) is 34.8 Å². The molecule has 0 radical (unpaired) electrons. The maximum atomic E-state index is 6.23. The van der Waals surface area contributed by atoms with Crippen molar-refractivity contribution in [3.63, 3.8) is 0 Å². The molecule has 1 saturated carbocycles. The number of hydrogen-bond acceptors (Lipinski definition) is 4. The molecule has 3 heterocycles. The van der Waals surface area contributed by atoms with Crippen LogP contribution in [-0.2, 0) is 9.47 Å². The molecule has 23 heavy (non-hydrogen) atoms. The van der Waals surface area contributed by atoms with Crippen molar-refractivity contribution in [2.75, 3.05) is 0 Å². The fourth-order valence-electron chi connectivity index (χ4n) is 3.75. The van der Waals surface area contributed by atoms with Crippen LogP contribution >= 0.6 is 27.5 Å². The summed E-state index contributed by atoms with van der Waals surface area (Å²) in [7, 11) is 0. The summed E-state index contributed by atoms with van der Waals surface area (Å²) in [4.78, 5) is 8.49. The monoisotopic (exact) mass is 397 g/mol. The topological polar surface area (TPSA) is 49.2 Å². The van der Waals surface area contributed by atoms with Gasteiger partial charge in [0, 0.05) is 16.6 Å². The zero-order valence-electron chi connectivity index (χ0n) is 12.9. The Kier molecular flexibility index (Phi) is 3.57. The summed E-state index contributed by atoms with van der Waals surface area (Å²) in [5.41, 5.74) is 0.804. The number of halogens is 2. The lowest BCUT2D eigenvalue weighted by Crippen LogP contribution is -2.27. The maximum Gasteiger partial charge on any atom is 0.163 e. The summed E-state index contributed by atoms with van der Waals surface area (Å²) in [5, 5.41) is 1.27. The van der Waals surface area contributed by atoms with Gasteiger partial charge < -0.3 is 14.0 Å². The third-order valence-corrected chi connectivity index (χ3v) is 5.54. The molecular weight excluding hydrogens is 382 g/mol. The van der Waals surface area contributed by atoms with Crippen LogP contribution in [-0.4, -0.2) is 32.5 Å². The minimum absolute atomic E-state index is 0.0148. The summed E-state index contributed by atoms with van der Waals surface area (Å²) in [6, 6.07) is 0.115. The second-order valence-electron chi connectivity index (χ2n) is 6.51. The second-order valence-corrected chi connectivity index (χ2v) is 7.73. The van der Waals surface area contributed by atoms with Gasteiger partial charge in [-0.2, -0.15) is 0 Å². The second kappa shape index (κ2) is 5.28. The third-order valence-electron chi connectivity index (χ3n) is 4.66. The molecule has 1 saturated heterocycles. The van der Waals surface area contributed by atoms with Gasteiger partial charge in [-0.15, -0.1) is 6.58 Å². The predicted molar refractivity (Wildman–Crippen MR) is 91.4 cm³/mol. The van der Waals surface area contributed by atoms with Gasteiger partial charge >= 0.3 is 0 Å². The number of aromatic nitrogens is 3. The zero-order chi connectivity index (χ0) is 16.4. The van der Waals surface area contributed by atoms with Gasteiger partial charge in [0.25, 0.3) is 0 Å². The van der Waals surface area contributed by atoms with Crippen molar-refractivity contribution in [3.8, 4) is 0 Å². The van der Waals surface area contributed by atoms with E-state index < -0.39 is 5.79 Å². The Labute approximate surface area is 147 Å². The number of fused-ring (bicyclic) bond motifs is 2. The van der Waals surface area contributed by atoms with Crippen molar-refractivity contribution in [2.24, 2.45) is 5.92 Å². The first kappa shape index (κ1) is 15.6.